The molecule has 2 aromatic rings. The van der Waals surface area contributed by atoms with Gasteiger partial charge in [0.15, 0.2) is 0 Å². The SMILES string of the molecule is CNC(=O)c1ccccc1-c1cc(F)cc(C(=O)N2C[C@@H](N)C[C@@H](F)C2)c1. The molecule has 2 aromatic carbocycles. The third kappa shape index (κ3) is 4.14. The highest BCUT2D eigenvalue weighted by Gasteiger charge is 2.29. The zero-order chi connectivity index (χ0) is 19.6. The molecule has 7 heteroatoms. The van der Waals surface area contributed by atoms with Crippen molar-refractivity contribution in [2.24, 2.45) is 5.73 Å². The predicted octanol–water partition coefficient (Wildman–Crippen LogP) is 2.36. The number of nitrogens with zero attached hydrogens (tertiary/aromatic N) is 1. The lowest BCUT2D eigenvalue weighted by atomic mass is 9.96. The van der Waals surface area contributed by atoms with Gasteiger partial charge in [0, 0.05) is 30.8 Å². The summed E-state index contributed by atoms with van der Waals surface area (Å²) in [5, 5.41) is 2.54. The number of likely N-dealkylation sites (tertiary alicyclic amines) is 1. The zero-order valence-electron chi connectivity index (χ0n) is 14.9. The highest BCUT2D eigenvalue weighted by Crippen LogP contribution is 2.27. The van der Waals surface area contributed by atoms with Gasteiger partial charge in [0.05, 0.1) is 6.54 Å². The van der Waals surface area contributed by atoms with Gasteiger partial charge in [-0.2, -0.15) is 0 Å². The first-order chi connectivity index (χ1) is 12.9. The number of carbonyl (C=O) groups is 2. The topological polar surface area (TPSA) is 75.4 Å². The van der Waals surface area contributed by atoms with Crippen LogP contribution in [0.4, 0.5) is 8.78 Å². The van der Waals surface area contributed by atoms with Crippen molar-refractivity contribution in [1.82, 2.24) is 10.2 Å². The molecule has 0 radical (unpaired) electrons. The molecule has 0 spiro atoms. The van der Waals surface area contributed by atoms with Crippen molar-refractivity contribution in [2.45, 2.75) is 18.6 Å². The maximum absolute atomic E-state index is 14.2. The molecule has 3 N–H and O–H groups in total. The van der Waals surface area contributed by atoms with Crippen molar-refractivity contribution < 1.29 is 18.4 Å². The maximum Gasteiger partial charge on any atom is 0.254 e. The number of piperidine rings is 1. The predicted molar refractivity (Wildman–Crippen MR) is 98.6 cm³/mol. The number of nitrogens with one attached hydrogen (secondary N) is 1. The third-order valence-corrected chi connectivity index (χ3v) is 4.57. The van der Waals surface area contributed by atoms with Gasteiger partial charge in [-0.25, -0.2) is 8.78 Å². The Labute approximate surface area is 156 Å². The molecule has 0 aliphatic carbocycles. The van der Waals surface area contributed by atoms with E-state index >= 15 is 0 Å². The Morgan fingerprint density at radius 3 is 2.63 bits per heavy atom. The quantitative estimate of drug-likeness (QED) is 0.867. The number of alkyl halides is 1. The fourth-order valence-electron chi connectivity index (χ4n) is 3.36. The summed E-state index contributed by atoms with van der Waals surface area (Å²) in [5.74, 6) is -1.41. The fourth-order valence-corrected chi connectivity index (χ4v) is 3.36. The summed E-state index contributed by atoms with van der Waals surface area (Å²) in [6.07, 6.45) is -0.989. The summed E-state index contributed by atoms with van der Waals surface area (Å²) in [5.41, 5.74) is 7.16. The van der Waals surface area contributed by atoms with Crippen LogP contribution < -0.4 is 11.1 Å². The van der Waals surface area contributed by atoms with Crippen LogP contribution in [0, 0.1) is 5.82 Å². The number of amides is 2. The monoisotopic (exact) mass is 373 g/mol. The van der Waals surface area contributed by atoms with Crippen molar-refractivity contribution in [3.8, 4) is 11.1 Å². The minimum atomic E-state index is -1.19. The van der Waals surface area contributed by atoms with E-state index in [0.717, 1.165) is 6.07 Å². The number of nitrogens with two attached hydrogens (primary N) is 1. The van der Waals surface area contributed by atoms with Crippen molar-refractivity contribution in [2.75, 3.05) is 20.1 Å². The second-order valence-corrected chi connectivity index (χ2v) is 6.66. The van der Waals surface area contributed by atoms with Crippen LogP contribution in [0.15, 0.2) is 42.5 Å². The van der Waals surface area contributed by atoms with E-state index in [-0.39, 0.29) is 31.0 Å². The lowest BCUT2D eigenvalue weighted by Gasteiger charge is -2.33. The molecule has 2 atom stereocenters. The fraction of sp³-hybridized carbons (Fsp3) is 0.300. The number of halogens is 2. The average Bonchev–Trinajstić information content (AvgIpc) is 2.65. The Morgan fingerprint density at radius 2 is 1.93 bits per heavy atom. The van der Waals surface area contributed by atoms with Crippen LogP contribution in [-0.2, 0) is 0 Å². The summed E-state index contributed by atoms with van der Waals surface area (Å²) < 4.78 is 28.0. The lowest BCUT2D eigenvalue weighted by Crippen LogP contribution is -2.50. The normalized spacial score (nSPS) is 19.6. The highest BCUT2D eigenvalue weighted by atomic mass is 19.1. The molecule has 142 valence electrons. The molecule has 1 saturated heterocycles. The van der Waals surface area contributed by atoms with Crippen LogP contribution in [0.5, 0.6) is 0 Å². The van der Waals surface area contributed by atoms with E-state index in [1.54, 1.807) is 24.3 Å². The Balaban J connectivity index is 1.98. The van der Waals surface area contributed by atoms with Gasteiger partial charge in [-0.15, -0.1) is 0 Å². The van der Waals surface area contributed by atoms with Gasteiger partial charge < -0.3 is 16.0 Å². The number of rotatable bonds is 3. The van der Waals surface area contributed by atoms with E-state index in [4.69, 9.17) is 5.73 Å². The number of benzene rings is 2. The second-order valence-electron chi connectivity index (χ2n) is 6.66. The average molecular weight is 373 g/mol. The third-order valence-electron chi connectivity index (χ3n) is 4.57. The van der Waals surface area contributed by atoms with Crippen LogP contribution >= 0.6 is 0 Å². The lowest BCUT2D eigenvalue weighted by molar-refractivity contribution is 0.0606. The first kappa shape index (κ1) is 19.0. The molecule has 3 rings (SSSR count). The number of hydrogen-bond acceptors (Lipinski definition) is 3. The van der Waals surface area contributed by atoms with Crippen LogP contribution in [0.3, 0.4) is 0 Å². The molecule has 1 aliphatic heterocycles. The number of hydrogen-bond donors (Lipinski definition) is 2. The Morgan fingerprint density at radius 1 is 1.19 bits per heavy atom. The van der Waals surface area contributed by atoms with Gasteiger partial charge in [0.1, 0.15) is 12.0 Å². The van der Waals surface area contributed by atoms with Crippen LogP contribution in [-0.4, -0.2) is 49.1 Å². The standard InChI is InChI=1S/C20H21F2N3O2/c1-24-19(26)18-5-3-2-4-17(18)12-6-13(8-14(21)7-12)20(27)25-10-15(22)9-16(23)11-25/h2-8,15-16H,9-11,23H2,1H3,(H,24,26)/t15-,16+/m1/s1. The summed E-state index contributed by atoms with van der Waals surface area (Å²) in [7, 11) is 1.51. The molecular weight excluding hydrogens is 352 g/mol. The zero-order valence-corrected chi connectivity index (χ0v) is 14.9. The van der Waals surface area contributed by atoms with E-state index in [2.05, 4.69) is 5.32 Å². The maximum atomic E-state index is 14.2. The molecule has 27 heavy (non-hydrogen) atoms. The smallest absolute Gasteiger partial charge is 0.254 e. The molecule has 0 unspecified atom stereocenters. The van der Waals surface area contributed by atoms with E-state index in [1.165, 1.54) is 24.1 Å². The van der Waals surface area contributed by atoms with E-state index in [0.29, 0.717) is 16.7 Å². The first-order valence-corrected chi connectivity index (χ1v) is 8.70. The molecule has 1 heterocycles. The van der Waals surface area contributed by atoms with Gasteiger partial charge in [0.25, 0.3) is 11.8 Å². The number of carbonyl (C=O) groups excluding carboxylic acids is 2. The summed E-state index contributed by atoms with van der Waals surface area (Å²) in [4.78, 5) is 26.2. The summed E-state index contributed by atoms with van der Waals surface area (Å²) in [6.45, 7) is 0.160. The van der Waals surface area contributed by atoms with Crippen molar-refractivity contribution in [1.29, 1.82) is 0 Å². The Bertz CT molecular complexity index is 862. The van der Waals surface area contributed by atoms with E-state index in [1.807, 2.05) is 0 Å². The minimum Gasteiger partial charge on any atom is -0.355 e. The van der Waals surface area contributed by atoms with Gasteiger partial charge >= 0.3 is 0 Å². The van der Waals surface area contributed by atoms with Crippen molar-refractivity contribution in [3.05, 3.63) is 59.4 Å². The molecule has 1 fully saturated rings. The largest absolute Gasteiger partial charge is 0.355 e. The first-order valence-electron chi connectivity index (χ1n) is 8.70. The minimum absolute atomic E-state index is 0.0623. The molecule has 2 amide bonds. The van der Waals surface area contributed by atoms with Gasteiger partial charge in [-0.1, -0.05) is 18.2 Å². The molecule has 5 nitrogen and oxygen atoms in total. The molecule has 0 bridgehead atoms. The molecular formula is C20H21F2N3O2. The van der Waals surface area contributed by atoms with Crippen LogP contribution in [0.25, 0.3) is 11.1 Å². The Hall–Kier alpha value is -2.80. The van der Waals surface area contributed by atoms with E-state index in [9.17, 15) is 18.4 Å². The molecule has 0 aromatic heterocycles. The highest BCUT2D eigenvalue weighted by molar-refractivity contribution is 6.02. The van der Waals surface area contributed by atoms with Crippen LogP contribution in [0.2, 0.25) is 0 Å². The summed E-state index contributed by atoms with van der Waals surface area (Å²) in [6, 6.07) is 10.2. The molecule has 1 aliphatic rings. The summed E-state index contributed by atoms with van der Waals surface area (Å²) >= 11 is 0. The van der Waals surface area contributed by atoms with Gasteiger partial charge in [0.2, 0.25) is 0 Å². The van der Waals surface area contributed by atoms with Gasteiger partial charge in [-0.3, -0.25) is 9.59 Å². The van der Waals surface area contributed by atoms with E-state index < -0.39 is 23.9 Å². The van der Waals surface area contributed by atoms with Crippen LogP contribution in [0.1, 0.15) is 27.1 Å². The molecule has 0 saturated carbocycles. The second kappa shape index (κ2) is 7.84. The van der Waals surface area contributed by atoms with Crippen molar-refractivity contribution >= 4 is 11.8 Å². The van der Waals surface area contributed by atoms with Crippen molar-refractivity contribution in [3.63, 3.8) is 0 Å². The van der Waals surface area contributed by atoms with Gasteiger partial charge in [-0.05, 0) is 41.8 Å². The Kier molecular flexibility index (Phi) is 5.51.